The summed E-state index contributed by atoms with van der Waals surface area (Å²) in [5.74, 6) is -0.210. The minimum absolute atomic E-state index is 0.210. The van der Waals surface area contributed by atoms with Gasteiger partial charge in [-0.05, 0) is 50.9 Å². The summed E-state index contributed by atoms with van der Waals surface area (Å²) >= 11 is 5.76. The molecule has 0 aliphatic carbocycles. The van der Waals surface area contributed by atoms with Crippen LogP contribution in [0, 0.1) is 5.82 Å². The molecular formula is C15H20ClFN2. The third-order valence-corrected chi connectivity index (χ3v) is 4.65. The van der Waals surface area contributed by atoms with Crippen molar-refractivity contribution >= 4 is 11.6 Å². The van der Waals surface area contributed by atoms with E-state index in [1.165, 1.54) is 44.8 Å². The average Bonchev–Trinajstić information content (AvgIpc) is 2.85. The van der Waals surface area contributed by atoms with E-state index in [0.29, 0.717) is 23.2 Å². The van der Waals surface area contributed by atoms with Crippen LogP contribution >= 0.6 is 11.6 Å². The normalized spacial score (nSPS) is 27.5. The molecule has 3 rings (SSSR count). The van der Waals surface area contributed by atoms with Crippen molar-refractivity contribution in [1.29, 1.82) is 0 Å². The van der Waals surface area contributed by atoms with Crippen molar-refractivity contribution in [3.8, 4) is 0 Å². The smallest absolute Gasteiger partial charge is 0.129 e. The maximum absolute atomic E-state index is 13.7. The number of fused-ring (bicyclic) bond motifs is 1. The molecule has 2 fully saturated rings. The van der Waals surface area contributed by atoms with Gasteiger partial charge in [-0.2, -0.15) is 0 Å². The summed E-state index contributed by atoms with van der Waals surface area (Å²) in [6.07, 6.45) is 5.04. The molecule has 4 heteroatoms. The second-order valence-electron chi connectivity index (χ2n) is 5.67. The lowest BCUT2D eigenvalue weighted by Gasteiger charge is -2.35. The van der Waals surface area contributed by atoms with Gasteiger partial charge in [0.05, 0.1) is 0 Å². The van der Waals surface area contributed by atoms with Crippen molar-refractivity contribution in [2.24, 2.45) is 0 Å². The van der Waals surface area contributed by atoms with Crippen molar-refractivity contribution in [3.63, 3.8) is 0 Å². The van der Waals surface area contributed by atoms with Gasteiger partial charge in [-0.25, -0.2) is 4.39 Å². The predicted molar refractivity (Wildman–Crippen MR) is 75.9 cm³/mol. The first kappa shape index (κ1) is 13.3. The zero-order valence-corrected chi connectivity index (χ0v) is 11.8. The fraction of sp³-hybridized carbons (Fsp3) is 0.600. The fourth-order valence-electron chi connectivity index (χ4n) is 3.33. The summed E-state index contributed by atoms with van der Waals surface area (Å²) in [5.41, 5.74) is 0.707. The van der Waals surface area contributed by atoms with Gasteiger partial charge in [0.2, 0.25) is 0 Å². The molecule has 2 saturated heterocycles. The molecular weight excluding hydrogens is 263 g/mol. The summed E-state index contributed by atoms with van der Waals surface area (Å²) in [5, 5.41) is 3.96. The molecule has 2 heterocycles. The highest BCUT2D eigenvalue weighted by molar-refractivity contribution is 6.30. The number of benzene rings is 1. The Morgan fingerprint density at radius 3 is 3.05 bits per heavy atom. The first-order chi connectivity index (χ1) is 9.22. The molecule has 0 saturated carbocycles. The van der Waals surface area contributed by atoms with Crippen molar-refractivity contribution < 1.29 is 4.39 Å². The molecule has 1 aromatic carbocycles. The Balaban J connectivity index is 1.54. The topological polar surface area (TPSA) is 15.3 Å². The first-order valence-electron chi connectivity index (χ1n) is 7.14. The Morgan fingerprint density at radius 2 is 2.21 bits per heavy atom. The van der Waals surface area contributed by atoms with E-state index in [4.69, 9.17) is 11.6 Å². The van der Waals surface area contributed by atoms with Crippen LogP contribution in [0.4, 0.5) is 4.39 Å². The summed E-state index contributed by atoms with van der Waals surface area (Å²) < 4.78 is 13.7. The third-order valence-electron chi connectivity index (χ3n) is 4.42. The highest BCUT2D eigenvalue weighted by atomic mass is 35.5. The van der Waals surface area contributed by atoms with Gasteiger partial charge in [0, 0.05) is 29.2 Å². The van der Waals surface area contributed by atoms with Gasteiger partial charge in [-0.15, -0.1) is 0 Å². The molecule has 0 aromatic heterocycles. The molecule has 1 N–H and O–H groups in total. The van der Waals surface area contributed by atoms with Crippen LogP contribution in [0.1, 0.15) is 31.2 Å². The van der Waals surface area contributed by atoms with Gasteiger partial charge in [0.25, 0.3) is 0 Å². The summed E-state index contributed by atoms with van der Waals surface area (Å²) in [4.78, 5) is 2.60. The first-order valence-corrected chi connectivity index (χ1v) is 7.51. The van der Waals surface area contributed by atoms with E-state index in [1.54, 1.807) is 12.1 Å². The van der Waals surface area contributed by atoms with Crippen LogP contribution < -0.4 is 5.32 Å². The molecule has 0 bridgehead atoms. The van der Waals surface area contributed by atoms with Crippen LogP contribution in [0.15, 0.2) is 18.2 Å². The van der Waals surface area contributed by atoms with Gasteiger partial charge in [-0.1, -0.05) is 17.7 Å². The Morgan fingerprint density at radius 1 is 1.32 bits per heavy atom. The van der Waals surface area contributed by atoms with Crippen LogP contribution in [0.25, 0.3) is 0 Å². The molecule has 2 atom stereocenters. The van der Waals surface area contributed by atoms with Crippen molar-refractivity contribution in [2.45, 2.75) is 44.3 Å². The standard InChI is InChI=1S/C15H20ClFN2/c16-12-4-3-11(15(17)8-12)10-18-13-5-7-19-6-1-2-14(19)9-13/h3-4,8,13-14,18H,1-2,5-7,9-10H2. The monoisotopic (exact) mass is 282 g/mol. The quantitative estimate of drug-likeness (QED) is 0.916. The maximum atomic E-state index is 13.7. The summed E-state index contributed by atoms with van der Waals surface area (Å²) in [6, 6.07) is 6.19. The second-order valence-corrected chi connectivity index (χ2v) is 6.11. The van der Waals surface area contributed by atoms with Crippen LogP contribution in [0.3, 0.4) is 0 Å². The number of hydrogen-bond acceptors (Lipinski definition) is 2. The highest BCUT2D eigenvalue weighted by Gasteiger charge is 2.31. The molecule has 1 aromatic rings. The molecule has 19 heavy (non-hydrogen) atoms. The van der Waals surface area contributed by atoms with E-state index >= 15 is 0 Å². The average molecular weight is 283 g/mol. The number of hydrogen-bond donors (Lipinski definition) is 1. The fourth-order valence-corrected chi connectivity index (χ4v) is 3.49. The van der Waals surface area contributed by atoms with Crippen molar-refractivity contribution in [1.82, 2.24) is 10.2 Å². The SMILES string of the molecule is Fc1cc(Cl)ccc1CNC1CCN2CCCC2C1. The van der Waals surface area contributed by atoms with E-state index in [9.17, 15) is 4.39 Å². The Kier molecular flexibility index (Phi) is 4.06. The molecule has 2 aliphatic rings. The minimum Gasteiger partial charge on any atom is -0.310 e. The molecule has 2 unspecified atom stereocenters. The van der Waals surface area contributed by atoms with Gasteiger partial charge < -0.3 is 10.2 Å². The van der Waals surface area contributed by atoms with Crippen LogP contribution in [0.5, 0.6) is 0 Å². The van der Waals surface area contributed by atoms with Gasteiger partial charge in [-0.3, -0.25) is 0 Å². The van der Waals surface area contributed by atoms with Crippen LogP contribution in [-0.4, -0.2) is 30.1 Å². The molecule has 0 amide bonds. The maximum Gasteiger partial charge on any atom is 0.129 e. The number of nitrogens with one attached hydrogen (secondary N) is 1. The largest absolute Gasteiger partial charge is 0.310 e. The lowest BCUT2D eigenvalue weighted by atomic mass is 9.97. The van der Waals surface area contributed by atoms with Gasteiger partial charge >= 0.3 is 0 Å². The van der Waals surface area contributed by atoms with Gasteiger partial charge in [0.1, 0.15) is 5.82 Å². The van der Waals surface area contributed by atoms with E-state index in [1.807, 2.05) is 0 Å². The Bertz CT molecular complexity index is 452. The zero-order valence-electron chi connectivity index (χ0n) is 11.0. The molecule has 2 nitrogen and oxygen atoms in total. The molecule has 104 valence electrons. The van der Waals surface area contributed by atoms with Crippen LogP contribution in [0.2, 0.25) is 5.02 Å². The number of piperidine rings is 1. The highest BCUT2D eigenvalue weighted by Crippen LogP contribution is 2.27. The lowest BCUT2D eigenvalue weighted by Crippen LogP contribution is -2.45. The van der Waals surface area contributed by atoms with Gasteiger partial charge in [0.15, 0.2) is 0 Å². The lowest BCUT2D eigenvalue weighted by molar-refractivity contribution is 0.166. The number of nitrogens with zero attached hydrogens (tertiary/aromatic N) is 1. The Labute approximate surface area is 118 Å². The number of halogens is 2. The second kappa shape index (κ2) is 5.78. The van der Waals surface area contributed by atoms with Crippen molar-refractivity contribution in [3.05, 3.63) is 34.6 Å². The predicted octanol–water partition coefficient (Wildman–Crippen LogP) is 3.20. The van der Waals surface area contributed by atoms with Crippen molar-refractivity contribution in [2.75, 3.05) is 13.1 Å². The third kappa shape index (κ3) is 3.10. The summed E-state index contributed by atoms with van der Waals surface area (Å²) in [7, 11) is 0. The van der Waals surface area contributed by atoms with E-state index in [2.05, 4.69) is 10.2 Å². The molecule has 0 spiro atoms. The molecule has 0 radical (unpaired) electrons. The summed E-state index contributed by atoms with van der Waals surface area (Å²) in [6.45, 7) is 3.05. The molecule has 2 aliphatic heterocycles. The van der Waals surface area contributed by atoms with Crippen LogP contribution in [-0.2, 0) is 6.54 Å². The van der Waals surface area contributed by atoms with E-state index < -0.39 is 0 Å². The minimum atomic E-state index is -0.210. The Hall–Kier alpha value is -0.640. The van der Waals surface area contributed by atoms with E-state index in [-0.39, 0.29) is 5.82 Å². The van der Waals surface area contributed by atoms with E-state index in [0.717, 1.165) is 6.04 Å². The zero-order chi connectivity index (χ0) is 13.2. The number of rotatable bonds is 3.